The summed E-state index contributed by atoms with van der Waals surface area (Å²) in [5, 5.41) is 6.63. The van der Waals surface area contributed by atoms with Gasteiger partial charge in [-0.3, -0.25) is 0 Å². The summed E-state index contributed by atoms with van der Waals surface area (Å²) in [6.07, 6.45) is 6.53. The Morgan fingerprint density at radius 3 is 1.79 bits per heavy atom. The topological polar surface area (TPSA) is 139 Å². The van der Waals surface area contributed by atoms with E-state index in [1.54, 1.807) is 58.8 Å². The minimum absolute atomic E-state index is 0.125. The number of aromatic nitrogens is 2. The molecule has 0 saturated carbocycles. The molecule has 0 spiro atoms. The zero-order chi connectivity index (χ0) is 33.4. The predicted molar refractivity (Wildman–Crippen MR) is 174 cm³/mol. The first kappa shape index (κ1) is 34.7. The lowest BCUT2D eigenvalue weighted by molar-refractivity contribution is 0.0258. The normalized spacial score (nSPS) is 12.6. The number of methoxy groups -OCH3 is 4. The van der Waals surface area contributed by atoms with E-state index in [-0.39, 0.29) is 24.6 Å². The number of carbonyl (C=O) groups excluding carboxylic acids is 2. The smallest absolute Gasteiger partial charge is 0.357 e. The summed E-state index contributed by atoms with van der Waals surface area (Å²) in [5.41, 5.74) is 3.68. The van der Waals surface area contributed by atoms with Gasteiger partial charge < -0.3 is 39.1 Å². The molecule has 47 heavy (non-hydrogen) atoms. The van der Waals surface area contributed by atoms with Gasteiger partial charge in [0, 0.05) is 44.7 Å². The summed E-state index contributed by atoms with van der Waals surface area (Å²) in [5.74, 6) is 1.70. The lowest BCUT2D eigenvalue weighted by Gasteiger charge is -2.10. The molecule has 1 aliphatic rings. The number of hydrogen-bond acceptors (Lipinski definition) is 12. The number of benzene rings is 1. The Labute approximate surface area is 274 Å². The molecule has 0 saturated heterocycles. The highest BCUT2D eigenvalue weighted by Gasteiger charge is 2.13. The Morgan fingerprint density at radius 1 is 0.681 bits per heavy atom. The third-order valence-corrected chi connectivity index (χ3v) is 6.96. The Bertz CT molecular complexity index is 1600. The number of nitrogens with zero attached hydrogens (tertiary/aromatic N) is 2. The number of esters is 2. The number of ether oxygens (including phenoxy) is 6. The molecule has 4 rings (SSSR count). The summed E-state index contributed by atoms with van der Waals surface area (Å²) in [6.45, 7) is 1.74. The minimum atomic E-state index is -0.614. The number of hydrogen-bond donors (Lipinski definition) is 2. The van der Waals surface area contributed by atoms with Gasteiger partial charge >= 0.3 is 11.9 Å². The molecule has 0 aliphatic heterocycles. The molecule has 0 bridgehead atoms. The van der Waals surface area contributed by atoms with Gasteiger partial charge in [0.05, 0.1) is 39.8 Å². The maximum absolute atomic E-state index is 12.6. The molecule has 12 nitrogen and oxygen atoms in total. The van der Waals surface area contributed by atoms with Crippen LogP contribution in [-0.2, 0) is 38.6 Å². The summed E-state index contributed by atoms with van der Waals surface area (Å²) in [6, 6.07) is 15.9. The monoisotopic (exact) mass is 644 g/mol. The van der Waals surface area contributed by atoms with Crippen LogP contribution in [0.1, 0.15) is 44.3 Å². The van der Waals surface area contributed by atoms with E-state index in [1.807, 2.05) is 36.4 Å². The van der Waals surface area contributed by atoms with Gasteiger partial charge in [-0.05, 0) is 53.6 Å². The summed E-state index contributed by atoms with van der Waals surface area (Å²) >= 11 is 0. The fourth-order valence-corrected chi connectivity index (χ4v) is 4.55. The third-order valence-electron chi connectivity index (χ3n) is 6.96. The van der Waals surface area contributed by atoms with Crippen LogP contribution in [0, 0.1) is 0 Å². The zero-order valence-electron chi connectivity index (χ0n) is 27.0. The Hall–Kier alpha value is -5.20. The molecule has 0 amide bonds. The van der Waals surface area contributed by atoms with Crippen molar-refractivity contribution in [3.8, 4) is 11.5 Å². The molecule has 3 aromatic rings. The van der Waals surface area contributed by atoms with Crippen molar-refractivity contribution in [1.29, 1.82) is 0 Å². The van der Waals surface area contributed by atoms with Gasteiger partial charge in [0.1, 0.15) is 47.6 Å². The first-order valence-corrected chi connectivity index (χ1v) is 15.0. The van der Waals surface area contributed by atoms with E-state index >= 15 is 0 Å². The molecule has 12 heteroatoms. The second kappa shape index (κ2) is 18.1. The maximum atomic E-state index is 12.6. The maximum Gasteiger partial charge on any atom is 0.357 e. The molecule has 2 heterocycles. The lowest BCUT2D eigenvalue weighted by Crippen LogP contribution is -2.19. The highest BCUT2D eigenvalue weighted by atomic mass is 16.6. The number of carbonyl (C=O) groups is 2. The van der Waals surface area contributed by atoms with Crippen molar-refractivity contribution < 1.29 is 38.0 Å². The average molecular weight is 645 g/mol. The van der Waals surface area contributed by atoms with Crippen molar-refractivity contribution in [1.82, 2.24) is 20.6 Å². The molecule has 2 N–H and O–H groups in total. The van der Waals surface area contributed by atoms with Crippen LogP contribution < -0.4 is 20.1 Å². The van der Waals surface area contributed by atoms with E-state index < -0.39 is 11.9 Å². The number of allylic oxidation sites excluding steroid dienone is 2. The van der Waals surface area contributed by atoms with Crippen LogP contribution in [0.4, 0.5) is 0 Å². The quantitative estimate of drug-likeness (QED) is 0.160. The minimum Gasteiger partial charge on any atom is -0.501 e. The van der Waals surface area contributed by atoms with E-state index in [2.05, 4.69) is 26.7 Å². The molecular formula is C35H40N4O8. The van der Waals surface area contributed by atoms with Crippen LogP contribution in [-0.4, -0.2) is 70.1 Å². The summed E-state index contributed by atoms with van der Waals surface area (Å²) in [4.78, 5) is 34.0. The van der Waals surface area contributed by atoms with E-state index in [4.69, 9.17) is 28.4 Å². The van der Waals surface area contributed by atoms with Crippen LogP contribution in [0.3, 0.4) is 0 Å². The Morgan fingerprint density at radius 2 is 1.26 bits per heavy atom. The van der Waals surface area contributed by atoms with Crippen molar-refractivity contribution in [2.24, 2.45) is 0 Å². The van der Waals surface area contributed by atoms with Crippen molar-refractivity contribution in [3.05, 3.63) is 118 Å². The third kappa shape index (κ3) is 11.0. The molecule has 248 valence electrons. The van der Waals surface area contributed by atoms with Crippen LogP contribution in [0.25, 0.3) is 0 Å². The fourth-order valence-electron chi connectivity index (χ4n) is 4.55. The van der Waals surface area contributed by atoms with E-state index in [0.717, 1.165) is 16.9 Å². The van der Waals surface area contributed by atoms with Gasteiger partial charge in [0.2, 0.25) is 0 Å². The molecule has 0 fully saturated rings. The second-order valence-corrected chi connectivity index (χ2v) is 10.3. The van der Waals surface area contributed by atoms with Crippen LogP contribution in [0.2, 0.25) is 0 Å². The molecule has 2 aromatic heterocycles. The molecule has 0 unspecified atom stereocenters. The van der Waals surface area contributed by atoms with Crippen molar-refractivity contribution in [2.45, 2.75) is 26.1 Å². The molecular weight excluding hydrogens is 604 g/mol. The standard InChI is InChI=1S/C35H40N4O8/c1-42-28-12-11-24(15-29(18-28)43-2)20-36-22-26-7-5-9-32(38-26)34(40)46-13-14-47-35(41)33-10-6-8-27(39-33)23-37-21-25-16-30(44-3)19-31(17-25)45-4/h5-11,15-19,36-37H,12-14,20-23H2,1-4H3. The van der Waals surface area contributed by atoms with E-state index in [0.29, 0.717) is 61.2 Å². The molecule has 1 aliphatic carbocycles. The van der Waals surface area contributed by atoms with Crippen LogP contribution in [0.5, 0.6) is 11.5 Å². The van der Waals surface area contributed by atoms with E-state index in [1.165, 1.54) is 0 Å². The molecule has 1 aromatic carbocycles. The number of pyridine rings is 2. The van der Waals surface area contributed by atoms with Crippen molar-refractivity contribution in [3.63, 3.8) is 0 Å². The number of rotatable bonds is 17. The van der Waals surface area contributed by atoms with Gasteiger partial charge in [-0.25, -0.2) is 19.6 Å². The van der Waals surface area contributed by atoms with Crippen LogP contribution in [0.15, 0.2) is 89.9 Å². The first-order valence-electron chi connectivity index (χ1n) is 15.0. The predicted octanol–water partition coefficient (Wildman–Crippen LogP) is 4.28. The molecule has 0 atom stereocenters. The van der Waals surface area contributed by atoms with Crippen molar-refractivity contribution >= 4 is 11.9 Å². The summed E-state index contributed by atoms with van der Waals surface area (Å²) < 4.78 is 31.9. The highest BCUT2D eigenvalue weighted by molar-refractivity contribution is 5.88. The summed E-state index contributed by atoms with van der Waals surface area (Å²) in [7, 11) is 6.45. The van der Waals surface area contributed by atoms with Gasteiger partial charge in [-0.2, -0.15) is 0 Å². The fraction of sp³-hybridized carbons (Fsp3) is 0.314. The van der Waals surface area contributed by atoms with E-state index in [9.17, 15) is 9.59 Å². The largest absolute Gasteiger partial charge is 0.501 e. The first-order chi connectivity index (χ1) is 22.9. The molecule has 0 radical (unpaired) electrons. The average Bonchev–Trinajstić information content (AvgIpc) is 3.32. The van der Waals surface area contributed by atoms with Gasteiger partial charge in [0.25, 0.3) is 0 Å². The Balaban J connectivity index is 1.18. The van der Waals surface area contributed by atoms with Gasteiger partial charge in [-0.15, -0.1) is 0 Å². The van der Waals surface area contributed by atoms with Crippen LogP contribution >= 0.6 is 0 Å². The second-order valence-electron chi connectivity index (χ2n) is 10.3. The number of nitrogens with one attached hydrogen (secondary N) is 2. The zero-order valence-corrected chi connectivity index (χ0v) is 27.0. The lowest BCUT2D eigenvalue weighted by atomic mass is 10.2. The van der Waals surface area contributed by atoms with Crippen molar-refractivity contribution in [2.75, 3.05) is 48.2 Å². The van der Waals surface area contributed by atoms with Gasteiger partial charge in [-0.1, -0.05) is 18.2 Å². The Kier molecular flexibility index (Phi) is 13.3. The highest BCUT2D eigenvalue weighted by Crippen LogP contribution is 2.22. The SMILES string of the molecule is COC1=CC(CNCc2cccc(C(=O)OCCOC(=O)c3cccc(CNCc4cc(OC)cc(OC)c4)n3)n2)=CCC(OC)=C1. The van der Waals surface area contributed by atoms with Gasteiger partial charge in [0.15, 0.2) is 0 Å².